The smallest absolute Gasteiger partial charge is 0.158 e. The molecule has 0 heterocycles. The molecule has 0 aliphatic heterocycles. The van der Waals surface area contributed by atoms with Crippen molar-refractivity contribution in [1.29, 1.82) is 0 Å². The molecule has 4 nitrogen and oxygen atoms in total. The van der Waals surface area contributed by atoms with Crippen molar-refractivity contribution in [2.75, 3.05) is 0 Å². The van der Waals surface area contributed by atoms with Crippen LogP contribution in [0.3, 0.4) is 0 Å². The van der Waals surface area contributed by atoms with Crippen molar-refractivity contribution in [2.45, 2.75) is 32.3 Å². The molecule has 4 heteroatoms. The van der Waals surface area contributed by atoms with Crippen LogP contribution in [0.25, 0.3) is 0 Å². The Morgan fingerprint density at radius 2 is 2.09 bits per heavy atom. The molecule has 1 atom stereocenters. The van der Waals surface area contributed by atoms with E-state index in [-0.39, 0.29) is 25.0 Å². The fraction of sp³-hybridized carbons (Fsp3) is 0.714. The minimum Gasteiger partial charge on any atom is -0.550 e. The molecular formula is C7H11O4-. The third kappa shape index (κ3) is 5.54. The summed E-state index contributed by atoms with van der Waals surface area (Å²) in [5.74, 6) is -1.48. The van der Waals surface area contributed by atoms with E-state index in [1.807, 2.05) is 0 Å². The maximum atomic E-state index is 10.4. The van der Waals surface area contributed by atoms with Gasteiger partial charge in [0.1, 0.15) is 6.10 Å². The second-order valence-corrected chi connectivity index (χ2v) is 2.39. The van der Waals surface area contributed by atoms with E-state index in [2.05, 4.69) is 0 Å². The van der Waals surface area contributed by atoms with Gasteiger partial charge in [0.2, 0.25) is 0 Å². The Balaban J connectivity index is 3.39. The molecule has 0 amide bonds. The van der Waals surface area contributed by atoms with E-state index >= 15 is 0 Å². The molecule has 0 saturated heterocycles. The number of rotatable bonds is 5. The van der Waals surface area contributed by atoms with Crippen LogP contribution in [0.2, 0.25) is 0 Å². The number of ketones is 1. The second-order valence-electron chi connectivity index (χ2n) is 2.39. The Morgan fingerprint density at radius 1 is 1.55 bits per heavy atom. The van der Waals surface area contributed by atoms with Crippen LogP contribution < -0.4 is 5.11 Å². The van der Waals surface area contributed by atoms with Gasteiger partial charge in [0.05, 0.1) is 0 Å². The predicted octanol–water partition coefficient (Wildman–Crippen LogP) is -1.14. The molecular weight excluding hydrogens is 148 g/mol. The first-order valence-electron chi connectivity index (χ1n) is 3.42. The van der Waals surface area contributed by atoms with Crippen molar-refractivity contribution in [2.24, 2.45) is 0 Å². The zero-order valence-corrected chi connectivity index (χ0v) is 6.37. The Kier molecular flexibility index (Phi) is 4.45. The van der Waals surface area contributed by atoms with Gasteiger partial charge in [-0.3, -0.25) is 4.79 Å². The van der Waals surface area contributed by atoms with E-state index in [1.165, 1.54) is 6.92 Å². The van der Waals surface area contributed by atoms with Crippen LogP contribution in [0.15, 0.2) is 0 Å². The molecule has 0 aliphatic rings. The quantitative estimate of drug-likeness (QED) is 0.549. The van der Waals surface area contributed by atoms with Crippen LogP contribution >= 0.6 is 0 Å². The number of aliphatic carboxylic acids is 1. The highest BCUT2D eigenvalue weighted by atomic mass is 16.4. The molecule has 0 aliphatic carbocycles. The summed E-state index contributed by atoms with van der Waals surface area (Å²) in [4.78, 5) is 20.3. The number of hydrogen-bond donors (Lipinski definition) is 1. The van der Waals surface area contributed by atoms with Gasteiger partial charge in [0.25, 0.3) is 0 Å². The van der Waals surface area contributed by atoms with Crippen molar-refractivity contribution >= 4 is 11.8 Å². The van der Waals surface area contributed by atoms with Crippen LogP contribution in [-0.4, -0.2) is 23.0 Å². The zero-order valence-electron chi connectivity index (χ0n) is 6.37. The number of Topliss-reactive ketones (excluding diaryl/α,β-unsaturated/α-hetero) is 1. The Hall–Kier alpha value is -0.900. The van der Waals surface area contributed by atoms with Gasteiger partial charge in [-0.15, -0.1) is 0 Å². The van der Waals surface area contributed by atoms with E-state index < -0.39 is 12.1 Å². The molecule has 0 saturated carbocycles. The first kappa shape index (κ1) is 10.1. The van der Waals surface area contributed by atoms with Crippen molar-refractivity contribution in [3.05, 3.63) is 0 Å². The highest BCUT2D eigenvalue weighted by Crippen LogP contribution is 2.00. The molecule has 0 bridgehead atoms. The van der Waals surface area contributed by atoms with Gasteiger partial charge >= 0.3 is 0 Å². The number of carboxylic acids is 1. The summed E-state index contributed by atoms with van der Waals surface area (Å²) in [5, 5.41) is 18.7. The molecule has 0 aromatic rings. The molecule has 64 valence electrons. The maximum Gasteiger partial charge on any atom is 0.158 e. The minimum atomic E-state index is -1.15. The molecule has 0 spiro atoms. The predicted molar refractivity (Wildman–Crippen MR) is 35.5 cm³/mol. The summed E-state index contributed by atoms with van der Waals surface area (Å²) in [6.45, 7) is 1.27. The molecule has 0 fully saturated rings. The number of carboxylic acid groups (broad SMARTS) is 1. The Bertz CT molecular complexity index is 153. The van der Waals surface area contributed by atoms with Crippen LogP contribution in [-0.2, 0) is 9.59 Å². The lowest BCUT2D eigenvalue weighted by Gasteiger charge is -2.05. The van der Waals surface area contributed by atoms with Crippen LogP contribution in [0.5, 0.6) is 0 Å². The van der Waals surface area contributed by atoms with Crippen molar-refractivity contribution in [1.82, 2.24) is 0 Å². The fourth-order valence-corrected chi connectivity index (χ4v) is 0.643. The molecule has 11 heavy (non-hydrogen) atoms. The first-order valence-corrected chi connectivity index (χ1v) is 3.42. The number of aliphatic hydroxyl groups is 1. The standard InChI is InChI=1S/C7H12O4/c1-5(8)6(9)3-2-4-7(10)11/h6,9H,2-4H2,1H3,(H,10,11)/p-1/t6-/m1/s1. The van der Waals surface area contributed by atoms with Gasteiger partial charge in [-0.25, -0.2) is 0 Å². The lowest BCUT2D eigenvalue weighted by atomic mass is 10.1. The number of hydrogen-bond acceptors (Lipinski definition) is 4. The highest BCUT2D eigenvalue weighted by molar-refractivity contribution is 5.80. The van der Waals surface area contributed by atoms with E-state index in [4.69, 9.17) is 5.11 Å². The first-order chi connectivity index (χ1) is 5.04. The summed E-state index contributed by atoms with van der Waals surface area (Å²) in [7, 11) is 0. The van der Waals surface area contributed by atoms with Crippen molar-refractivity contribution < 1.29 is 19.8 Å². The summed E-state index contributed by atoms with van der Waals surface area (Å²) in [6, 6.07) is 0. The van der Waals surface area contributed by atoms with Gasteiger partial charge in [-0.1, -0.05) is 0 Å². The lowest BCUT2D eigenvalue weighted by molar-refractivity contribution is -0.305. The highest BCUT2D eigenvalue weighted by Gasteiger charge is 2.07. The molecule has 0 radical (unpaired) electrons. The molecule has 0 unspecified atom stereocenters. The summed E-state index contributed by atoms with van der Waals surface area (Å²) in [5.41, 5.74) is 0. The SMILES string of the molecule is CC(=O)[C@H](O)CCCC(=O)[O-]. The molecule has 0 rings (SSSR count). The lowest BCUT2D eigenvalue weighted by Crippen LogP contribution is -2.23. The average Bonchev–Trinajstić information content (AvgIpc) is 1.86. The third-order valence-corrected chi connectivity index (χ3v) is 1.33. The summed E-state index contributed by atoms with van der Waals surface area (Å²) >= 11 is 0. The summed E-state index contributed by atoms with van der Waals surface area (Å²) in [6.07, 6.45) is -0.647. The van der Waals surface area contributed by atoms with E-state index in [0.717, 1.165) is 0 Å². The van der Waals surface area contributed by atoms with Gasteiger partial charge in [-0.2, -0.15) is 0 Å². The number of carbonyl (C=O) groups excluding carboxylic acids is 2. The normalized spacial score (nSPS) is 12.5. The van der Waals surface area contributed by atoms with Gasteiger partial charge in [-0.05, 0) is 26.2 Å². The maximum absolute atomic E-state index is 10.4. The van der Waals surface area contributed by atoms with Gasteiger partial charge in [0, 0.05) is 5.97 Å². The molecule has 1 N–H and O–H groups in total. The fourth-order valence-electron chi connectivity index (χ4n) is 0.643. The van der Waals surface area contributed by atoms with Gasteiger partial charge in [0.15, 0.2) is 5.78 Å². The van der Waals surface area contributed by atoms with Crippen molar-refractivity contribution in [3.8, 4) is 0 Å². The molecule has 0 aromatic carbocycles. The summed E-state index contributed by atoms with van der Waals surface area (Å²) < 4.78 is 0. The molecule has 0 aromatic heterocycles. The minimum absolute atomic E-state index is 0.107. The van der Waals surface area contributed by atoms with Crippen LogP contribution in [0.1, 0.15) is 26.2 Å². The van der Waals surface area contributed by atoms with E-state index in [1.54, 1.807) is 0 Å². The topological polar surface area (TPSA) is 77.4 Å². The average molecular weight is 159 g/mol. The Labute approximate surface area is 64.8 Å². The van der Waals surface area contributed by atoms with Crippen LogP contribution in [0.4, 0.5) is 0 Å². The van der Waals surface area contributed by atoms with Crippen LogP contribution in [0, 0.1) is 0 Å². The second kappa shape index (κ2) is 4.85. The number of carbonyl (C=O) groups is 2. The van der Waals surface area contributed by atoms with E-state index in [9.17, 15) is 14.7 Å². The number of aliphatic hydroxyl groups excluding tert-OH is 1. The van der Waals surface area contributed by atoms with Crippen molar-refractivity contribution in [3.63, 3.8) is 0 Å². The largest absolute Gasteiger partial charge is 0.550 e. The Morgan fingerprint density at radius 3 is 2.45 bits per heavy atom. The van der Waals surface area contributed by atoms with E-state index in [0.29, 0.717) is 0 Å². The third-order valence-electron chi connectivity index (χ3n) is 1.33. The monoisotopic (exact) mass is 159 g/mol. The zero-order chi connectivity index (χ0) is 8.85. The van der Waals surface area contributed by atoms with Gasteiger partial charge < -0.3 is 15.0 Å².